The van der Waals surface area contributed by atoms with E-state index in [2.05, 4.69) is 10.3 Å². The number of hydrogen-bond acceptors (Lipinski definition) is 4. The van der Waals surface area contributed by atoms with E-state index in [1.807, 2.05) is 0 Å². The molecule has 0 unspecified atom stereocenters. The van der Waals surface area contributed by atoms with Crippen molar-refractivity contribution in [2.75, 3.05) is 0 Å². The highest BCUT2D eigenvalue weighted by atomic mass is 35.5. The van der Waals surface area contributed by atoms with Crippen molar-refractivity contribution < 1.29 is 23.1 Å². The van der Waals surface area contributed by atoms with Crippen LogP contribution in [-0.2, 0) is 16.1 Å². The van der Waals surface area contributed by atoms with Gasteiger partial charge in [0, 0.05) is 22.8 Å². The van der Waals surface area contributed by atoms with E-state index in [0.717, 1.165) is 24.0 Å². The van der Waals surface area contributed by atoms with Crippen LogP contribution in [0, 0.1) is 18.6 Å². The normalized spacial score (nSPS) is 11.9. The zero-order valence-electron chi connectivity index (χ0n) is 14.2. The standard InChI is InChI=1S/C19H15ClF2N2O3/c1-12-2-3-13(8-25)6-16(12)18(20)19(24-10-23-11-26)27-9-14-4-5-15(21)7-17(14)22/h2-8,10-11H,9H2,1H3,(H,23,24,26)/b19-18-. The molecule has 0 saturated heterocycles. The van der Waals surface area contributed by atoms with Crippen LogP contribution >= 0.6 is 11.6 Å². The maximum atomic E-state index is 13.8. The second kappa shape index (κ2) is 9.59. The maximum absolute atomic E-state index is 13.8. The lowest BCUT2D eigenvalue weighted by Crippen LogP contribution is -2.08. The Morgan fingerprint density at radius 3 is 2.67 bits per heavy atom. The van der Waals surface area contributed by atoms with E-state index in [-0.39, 0.29) is 23.1 Å². The van der Waals surface area contributed by atoms with Crippen LogP contribution in [0.4, 0.5) is 8.78 Å². The third kappa shape index (κ3) is 5.46. The molecule has 0 bridgehead atoms. The summed E-state index contributed by atoms with van der Waals surface area (Å²) in [6, 6.07) is 7.95. The summed E-state index contributed by atoms with van der Waals surface area (Å²) in [5.41, 5.74) is 1.72. The van der Waals surface area contributed by atoms with Gasteiger partial charge < -0.3 is 10.1 Å². The number of ether oxygens (including phenoxy) is 1. The highest BCUT2D eigenvalue weighted by molar-refractivity contribution is 6.49. The van der Waals surface area contributed by atoms with Crippen molar-refractivity contribution in [3.8, 4) is 0 Å². The van der Waals surface area contributed by atoms with E-state index < -0.39 is 11.6 Å². The molecular formula is C19H15ClF2N2O3. The quantitative estimate of drug-likeness (QED) is 0.320. The molecule has 0 aliphatic heterocycles. The zero-order valence-corrected chi connectivity index (χ0v) is 15.0. The first-order valence-corrected chi connectivity index (χ1v) is 8.09. The third-order valence-corrected chi connectivity index (χ3v) is 3.89. The Hall–Kier alpha value is -3.06. The van der Waals surface area contributed by atoms with E-state index in [4.69, 9.17) is 16.3 Å². The minimum absolute atomic E-state index is 0.0580. The van der Waals surface area contributed by atoms with E-state index in [0.29, 0.717) is 23.8 Å². The van der Waals surface area contributed by atoms with E-state index in [1.54, 1.807) is 25.1 Å². The van der Waals surface area contributed by atoms with Gasteiger partial charge in [-0.25, -0.2) is 13.8 Å². The molecule has 2 aromatic carbocycles. The fourth-order valence-corrected chi connectivity index (χ4v) is 2.44. The molecule has 5 nitrogen and oxygen atoms in total. The lowest BCUT2D eigenvalue weighted by molar-refractivity contribution is -0.108. The first-order valence-electron chi connectivity index (χ1n) is 7.71. The molecule has 27 heavy (non-hydrogen) atoms. The van der Waals surface area contributed by atoms with Crippen molar-refractivity contribution in [2.24, 2.45) is 4.99 Å². The van der Waals surface area contributed by atoms with Gasteiger partial charge in [0.1, 0.15) is 29.6 Å². The van der Waals surface area contributed by atoms with Gasteiger partial charge in [0.05, 0.1) is 6.34 Å². The van der Waals surface area contributed by atoms with Crippen molar-refractivity contribution in [1.82, 2.24) is 5.32 Å². The molecule has 0 aliphatic rings. The van der Waals surface area contributed by atoms with Crippen LogP contribution in [0.3, 0.4) is 0 Å². The second-order valence-electron chi connectivity index (χ2n) is 5.38. The Bertz CT molecular complexity index is 914. The van der Waals surface area contributed by atoms with Gasteiger partial charge in [-0.3, -0.25) is 9.59 Å². The number of hydrogen-bond donors (Lipinski definition) is 1. The molecule has 1 N–H and O–H groups in total. The molecular weight excluding hydrogens is 378 g/mol. The summed E-state index contributed by atoms with van der Waals surface area (Å²) in [5.74, 6) is -1.60. The molecule has 2 rings (SSSR count). The number of aldehydes is 1. The number of nitrogens with zero attached hydrogens (tertiary/aromatic N) is 1. The van der Waals surface area contributed by atoms with E-state index in [9.17, 15) is 18.4 Å². The van der Waals surface area contributed by atoms with Crippen LogP contribution in [0.2, 0.25) is 0 Å². The Morgan fingerprint density at radius 1 is 1.22 bits per heavy atom. The summed E-state index contributed by atoms with van der Waals surface area (Å²) in [6.45, 7) is 1.50. The Balaban J connectivity index is 2.39. The molecule has 0 fully saturated rings. The SMILES string of the molecule is Cc1ccc(C=O)cc1/C(Cl)=C(\N=C/NC=O)OCc1ccc(F)cc1F. The van der Waals surface area contributed by atoms with Gasteiger partial charge in [0.15, 0.2) is 0 Å². The first kappa shape index (κ1) is 20.3. The number of carbonyl (C=O) groups is 2. The molecule has 0 spiro atoms. The number of aryl methyl sites for hydroxylation is 1. The highest BCUT2D eigenvalue weighted by Crippen LogP contribution is 2.29. The predicted octanol–water partition coefficient (Wildman–Crippen LogP) is 3.94. The van der Waals surface area contributed by atoms with Crippen molar-refractivity contribution >= 4 is 35.7 Å². The topological polar surface area (TPSA) is 67.8 Å². The second-order valence-corrected chi connectivity index (χ2v) is 5.76. The van der Waals surface area contributed by atoms with Crippen LogP contribution in [0.15, 0.2) is 47.3 Å². The largest absolute Gasteiger partial charge is 0.472 e. The van der Waals surface area contributed by atoms with Crippen molar-refractivity contribution in [3.05, 3.63) is 76.2 Å². The Labute approximate surface area is 159 Å². The van der Waals surface area contributed by atoms with Gasteiger partial charge in [-0.2, -0.15) is 0 Å². The van der Waals surface area contributed by atoms with Gasteiger partial charge >= 0.3 is 0 Å². The van der Waals surface area contributed by atoms with Crippen LogP contribution in [0.1, 0.15) is 27.0 Å². The van der Waals surface area contributed by atoms with Crippen LogP contribution < -0.4 is 5.32 Å². The number of rotatable bonds is 8. The predicted molar refractivity (Wildman–Crippen MR) is 98.2 cm³/mol. The molecule has 0 saturated carbocycles. The molecule has 0 aromatic heterocycles. The number of amides is 1. The summed E-state index contributed by atoms with van der Waals surface area (Å²) in [6.07, 6.45) is 2.11. The third-order valence-electron chi connectivity index (χ3n) is 3.53. The average molecular weight is 393 g/mol. The molecule has 0 radical (unpaired) electrons. The molecule has 1 amide bonds. The molecule has 0 atom stereocenters. The monoisotopic (exact) mass is 392 g/mol. The van der Waals surface area contributed by atoms with Gasteiger partial charge in [-0.15, -0.1) is 0 Å². The van der Waals surface area contributed by atoms with Gasteiger partial charge in [-0.1, -0.05) is 23.7 Å². The molecule has 0 heterocycles. The van der Waals surface area contributed by atoms with Gasteiger partial charge in [-0.05, 0) is 30.7 Å². The molecule has 8 heteroatoms. The van der Waals surface area contributed by atoms with Crippen LogP contribution in [0.5, 0.6) is 0 Å². The summed E-state index contributed by atoms with van der Waals surface area (Å²) < 4.78 is 32.3. The molecule has 140 valence electrons. The van der Waals surface area contributed by atoms with Crippen molar-refractivity contribution in [2.45, 2.75) is 13.5 Å². The van der Waals surface area contributed by atoms with Crippen LogP contribution in [-0.4, -0.2) is 19.0 Å². The number of nitrogens with one attached hydrogen (secondary N) is 1. The van der Waals surface area contributed by atoms with Gasteiger partial charge in [0.2, 0.25) is 12.3 Å². The Morgan fingerprint density at radius 2 is 2.00 bits per heavy atom. The van der Waals surface area contributed by atoms with Crippen molar-refractivity contribution in [3.63, 3.8) is 0 Å². The minimum atomic E-state index is -0.778. The average Bonchev–Trinajstić information content (AvgIpc) is 2.65. The minimum Gasteiger partial charge on any atom is -0.472 e. The Kier molecular flexibility index (Phi) is 7.19. The number of halogens is 3. The summed E-state index contributed by atoms with van der Waals surface area (Å²) in [5, 5.41) is 2.27. The van der Waals surface area contributed by atoms with Gasteiger partial charge in [0.25, 0.3) is 0 Å². The lowest BCUT2D eigenvalue weighted by Gasteiger charge is -2.12. The van der Waals surface area contributed by atoms with E-state index in [1.165, 1.54) is 6.07 Å². The number of aliphatic imine (C=N–C) groups is 1. The first-order chi connectivity index (χ1) is 13.0. The highest BCUT2D eigenvalue weighted by Gasteiger charge is 2.13. The van der Waals surface area contributed by atoms with Crippen molar-refractivity contribution in [1.29, 1.82) is 0 Å². The zero-order chi connectivity index (χ0) is 19.8. The van der Waals surface area contributed by atoms with Crippen LogP contribution in [0.25, 0.3) is 5.03 Å². The lowest BCUT2D eigenvalue weighted by atomic mass is 10.1. The van der Waals surface area contributed by atoms with E-state index >= 15 is 0 Å². The summed E-state index contributed by atoms with van der Waals surface area (Å²) >= 11 is 6.37. The maximum Gasteiger partial charge on any atom is 0.234 e. The number of carbonyl (C=O) groups excluding carboxylic acids is 2. The smallest absolute Gasteiger partial charge is 0.234 e. The fourth-order valence-electron chi connectivity index (χ4n) is 2.13. The summed E-state index contributed by atoms with van der Waals surface area (Å²) in [4.78, 5) is 25.3. The molecule has 0 aliphatic carbocycles. The fraction of sp³-hybridized carbons (Fsp3) is 0.105. The number of benzene rings is 2. The molecule has 2 aromatic rings. The summed E-state index contributed by atoms with van der Waals surface area (Å²) in [7, 11) is 0.